The molecule has 0 amide bonds. The fraction of sp³-hybridized carbons (Fsp3) is 0.909. The van der Waals surface area contributed by atoms with E-state index in [0.29, 0.717) is 12.0 Å². The Morgan fingerprint density at radius 1 is 1.36 bits per heavy atom. The number of carbonyl (C=O) groups is 1. The van der Waals surface area contributed by atoms with E-state index in [-0.39, 0.29) is 5.97 Å². The number of carbonyl (C=O) groups excluding carboxylic acids is 1. The molecule has 0 rings (SSSR count). The highest BCUT2D eigenvalue weighted by Crippen LogP contribution is 2.18. The minimum absolute atomic E-state index is 0.152. The Morgan fingerprint density at radius 2 is 1.93 bits per heavy atom. The molecule has 0 spiro atoms. The van der Waals surface area contributed by atoms with Crippen LogP contribution in [-0.2, 0) is 9.53 Å². The molecule has 0 saturated heterocycles. The number of rotatable bonds is 5. The van der Waals surface area contributed by atoms with Gasteiger partial charge in [0, 0.05) is 0 Å². The molecular formula is C11H23NO2. The number of likely N-dealkylation sites (N-methyl/N-ethyl adjacent to an activating group) is 1. The summed E-state index contributed by atoms with van der Waals surface area (Å²) in [4.78, 5) is 13.1. The van der Waals surface area contributed by atoms with Gasteiger partial charge in [-0.15, -0.1) is 0 Å². The van der Waals surface area contributed by atoms with Gasteiger partial charge in [0.25, 0.3) is 0 Å². The van der Waals surface area contributed by atoms with E-state index in [9.17, 15) is 4.79 Å². The van der Waals surface area contributed by atoms with Crippen molar-refractivity contribution in [3.63, 3.8) is 0 Å². The first-order valence-electron chi connectivity index (χ1n) is 5.18. The molecule has 0 N–H and O–H groups in total. The van der Waals surface area contributed by atoms with Gasteiger partial charge in [-0.1, -0.05) is 27.7 Å². The molecule has 0 aromatic rings. The Kier molecular flexibility index (Phi) is 5.77. The van der Waals surface area contributed by atoms with Crippen LogP contribution in [0.3, 0.4) is 0 Å². The van der Waals surface area contributed by atoms with E-state index >= 15 is 0 Å². The highest BCUT2D eigenvalue weighted by atomic mass is 16.5. The molecule has 0 aliphatic heterocycles. The smallest absolute Gasteiger partial charge is 0.319 e. The van der Waals surface area contributed by atoms with Crippen LogP contribution in [0.4, 0.5) is 0 Å². The number of hydrogen-bond acceptors (Lipinski definition) is 3. The molecule has 0 aliphatic rings. The van der Waals surface area contributed by atoms with Crippen LogP contribution in [0.15, 0.2) is 0 Å². The number of nitrogens with zero attached hydrogens (tertiary/aromatic N) is 1. The maximum absolute atomic E-state index is 11.0. The number of hydrogen-bond donors (Lipinski definition) is 0. The summed E-state index contributed by atoms with van der Waals surface area (Å²) in [6.45, 7) is 10.9. The molecule has 0 radical (unpaired) electrons. The van der Waals surface area contributed by atoms with Crippen molar-refractivity contribution < 1.29 is 9.53 Å². The zero-order valence-corrected chi connectivity index (χ0v) is 10.1. The zero-order valence-electron chi connectivity index (χ0n) is 10.1. The summed E-state index contributed by atoms with van der Waals surface area (Å²) in [5, 5.41) is 0. The summed E-state index contributed by atoms with van der Waals surface area (Å²) in [5.74, 6) is -0.152. The third-order valence-corrected chi connectivity index (χ3v) is 2.21. The van der Waals surface area contributed by atoms with Gasteiger partial charge in [0.05, 0.1) is 13.7 Å². The average Bonchev–Trinajstić information content (AvgIpc) is 2.10. The lowest BCUT2D eigenvalue weighted by atomic mass is 9.92. The van der Waals surface area contributed by atoms with E-state index in [0.717, 1.165) is 19.5 Å². The van der Waals surface area contributed by atoms with Crippen molar-refractivity contribution >= 4 is 5.97 Å². The Hall–Kier alpha value is -0.570. The lowest BCUT2D eigenvalue weighted by Crippen LogP contribution is -2.33. The monoisotopic (exact) mass is 201 g/mol. The first-order valence-corrected chi connectivity index (χ1v) is 5.18. The molecular weight excluding hydrogens is 178 g/mol. The maximum Gasteiger partial charge on any atom is 0.319 e. The van der Waals surface area contributed by atoms with Crippen LogP contribution in [-0.4, -0.2) is 37.6 Å². The Morgan fingerprint density at radius 3 is 2.29 bits per heavy atom. The predicted octanol–water partition coefficient (Wildman–Crippen LogP) is 1.92. The van der Waals surface area contributed by atoms with E-state index in [4.69, 9.17) is 0 Å². The summed E-state index contributed by atoms with van der Waals surface area (Å²) < 4.78 is 4.63. The van der Waals surface area contributed by atoms with Crippen molar-refractivity contribution in [2.24, 2.45) is 5.41 Å². The summed E-state index contributed by atoms with van der Waals surface area (Å²) in [7, 11) is 1.43. The van der Waals surface area contributed by atoms with Crippen LogP contribution < -0.4 is 0 Å². The predicted molar refractivity (Wildman–Crippen MR) is 58.2 cm³/mol. The third kappa shape index (κ3) is 6.89. The van der Waals surface area contributed by atoms with Crippen molar-refractivity contribution in [1.29, 1.82) is 0 Å². The average molecular weight is 201 g/mol. The molecule has 0 aliphatic carbocycles. The zero-order chi connectivity index (χ0) is 11.2. The summed E-state index contributed by atoms with van der Waals surface area (Å²) in [6.07, 6.45) is 1.10. The van der Waals surface area contributed by atoms with E-state index in [2.05, 4.69) is 37.3 Å². The van der Waals surface area contributed by atoms with E-state index < -0.39 is 0 Å². The van der Waals surface area contributed by atoms with Gasteiger partial charge in [-0.2, -0.15) is 0 Å². The standard InChI is InChI=1S/C11H23NO2/c1-6-12(9-10(13)14-5)8-7-11(2,3)4/h6-9H2,1-5H3. The Labute approximate surface area is 87.4 Å². The molecule has 0 aromatic carbocycles. The van der Waals surface area contributed by atoms with Crippen molar-refractivity contribution in [3.05, 3.63) is 0 Å². The normalized spacial score (nSPS) is 11.9. The van der Waals surface area contributed by atoms with Gasteiger partial charge >= 0.3 is 5.97 Å². The number of esters is 1. The SMILES string of the molecule is CCN(CCC(C)(C)C)CC(=O)OC. The first-order chi connectivity index (χ1) is 6.39. The second-order valence-electron chi connectivity index (χ2n) is 4.76. The molecule has 0 unspecified atom stereocenters. The Balaban J connectivity index is 3.86. The molecule has 0 fully saturated rings. The molecule has 14 heavy (non-hydrogen) atoms. The van der Waals surface area contributed by atoms with Crippen molar-refractivity contribution in [3.8, 4) is 0 Å². The van der Waals surface area contributed by atoms with Crippen LogP contribution in [0.25, 0.3) is 0 Å². The molecule has 0 saturated carbocycles. The minimum Gasteiger partial charge on any atom is -0.468 e. The molecule has 84 valence electrons. The minimum atomic E-state index is -0.152. The quantitative estimate of drug-likeness (QED) is 0.636. The highest BCUT2D eigenvalue weighted by Gasteiger charge is 2.14. The summed E-state index contributed by atoms with van der Waals surface area (Å²) >= 11 is 0. The van der Waals surface area contributed by atoms with Crippen LogP contribution in [0.1, 0.15) is 34.1 Å². The summed E-state index contributed by atoms with van der Waals surface area (Å²) in [6, 6.07) is 0. The lowest BCUT2D eigenvalue weighted by Gasteiger charge is -2.24. The Bertz CT molecular complexity index is 173. The maximum atomic E-state index is 11.0. The van der Waals surface area contributed by atoms with Crippen molar-refractivity contribution in [2.75, 3.05) is 26.7 Å². The first kappa shape index (κ1) is 13.4. The van der Waals surface area contributed by atoms with E-state index in [1.54, 1.807) is 0 Å². The highest BCUT2D eigenvalue weighted by molar-refractivity contribution is 5.71. The third-order valence-electron chi connectivity index (χ3n) is 2.21. The van der Waals surface area contributed by atoms with Gasteiger partial charge < -0.3 is 4.74 Å². The van der Waals surface area contributed by atoms with Gasteiger partial charge in [0.2, 0.25) is 0 Å². The van der Waals surface area contributed by atoms with Crippen LogP contribution in [0.2, 0.25) is 0 Å². The molecule has 0 atom stereocenters. The second-order valence-corrected chi connectivity index (χ2v) is 4.76. The second kappa shape index (κ2) is 6.02. The topological polar surface area (TPSA) is 29.5 Å². The van der Waals surface area contributed by atoms with Gasteiger partial charge in [-0.3, -0.25) is 9.69 Å². The van der Waals surface area contributed by atoms with E-state index in [1.165, 1.54) is 7.11 Å². The van der Waals surface area contributed by atoms with Crippen LogP contribution >= 0.6 is 0 Å². The molecule has 0 aromatic heterocycles. The summed E-state index contributed by atoms with van der Waals surface area (Å²) in [5.41, 5.74) is 0.323. The van der Waals surface area contributed by atoms with Gasteiger partial charge in [-0.05, 0) is 24.9 Å². The molecule has 0 bridgehead atoms. The van der Waals surface area contributed by atoms with Gasteiger partial charge in [0.15, 0.2) is 0 Å². The molecule has 3 heteroatoms. The van der Waals surface area contributed by atoms with Crippen molar-refractivity contribution in [1.82, 2.24) is 4.90 Å². The number of ether oxygens (including phenoxy) is 1. The van der Waals surface area contributed by atoms with Crippen molar-refractivity contribution in [2.45, 2.75) is 34.1 Å². The van der Waals surface area contributed by atoms with Crippen LogP contribution in [0, 0.1) is 5.41 Å². The number of methoxy groups -OCH3 is 1. The van der Waals surface area contributed by atoms with E-state index in [1.807, 2.05) is 0 Å². The molecule has 3 nitrogen and oxygen atoms in total. The lowest BCUT2D eigenvalue weighted by molar-refractivity contribution is -0.141. The van der Waals surface area contributed by atoms with Crippen LogP contribution in [0.5, 0.6) is 0 Å². The molecule has 0 heterocycles. The fourth-order valence-electron chi connectivity index (χ4n) is 1.09. The van der Waals surface area contributed by atoms with Gasteiger partial charge in [0.1, 0.15) is 0 Å². The largest absolute Gasteiger partial charge is 0.468 e. The van der Waals surface area contributed by atoms with Gasteiger partial charge in [-0.25, -0.2) is 0 Å². The fourth-order valence-corrected chi connectivity index (χ4v) is 1.09.